The van der Waals surface area contributed by atoms with E-state index in [2.05, 4.69) is 130 Å². The number of ether oxygens (including phenoxy) is 3. The van der Waals surface area contributed by atoms with E-state index in [0.717, 1.165) is 12.8 Å². The molecule has 11 heteroatoms. The van der Waals surface area contributed by atoms with E-state index in [-0.39, 0.29) is 64.1 Å². The summed E-state index contributed by atoms with van der Waals surface area (Å²) in [7, 11) is -5.36. The number of fused-ring (bicyclic) bond motifs is 1. The van der Waals surface area contributed by atoms with E-state index in [1.165, 1.54) is 7.11 Å². The maximum Gasteiger partial charge on any atom is 0.308 e. The standard InChI is InChI=1S/C32H63IO7Si3/c1-30(2,3)41(11,12)38-24(19-20-33)27-29(40-43(15,16)32(7,8)9)28(39-42(13,14)31(4,5)6)26-23(37-27)18-17-22(36-26)21-25(34)35-10/h19-20,22-24,26-29H,17-18,21H2,1-16H3/b20-19+/t22?,23-,24-,26-,27?,28?,29?/m0/s1. The van der Waals surface area contributed by atoms with Gasteiger partial charge in [0.2, 0.25) is 0 Å². The van der Waals surface area contributed by atoms with E-state index in [9.17, 15) is 4.79 Å². The highest BCUT2D eigenvalue weighted by Crippen LogP contribution is 2.47. The molecule has 0 spiro atoms. The molecule has 0 amide bonds. The van der Waals surface area contributed by atoms with Crippen LogP contribution < -0.4 is 0 Å². The fraction of sp³-hybridized carbons (Fsp3) is 0.906. The molecule has 4 unspecified atom stereocenters. The first-order chi connectivity index (χ1) is 19.3. The van der Waals surface area contributed by atoms with Crippen LogP contribution >= 0.6 is 22.6 Å². The average Bonchev–Trinajstić information content (AvgIpc) is 2.82. The first kappa shape index (κ1) is 39.6. The molecule has 0 radical (unpaired) electrons. The molecular formula is C32H63IO7Si3. The monoisotopic (exact) mass is 770 g/mol. The van der Waals surface area contributed by atoms with Gasteiger partial charge in [-0.2, -0.15) is 0 Å². The van der Waals surface area contributed by atoms with Crippen molar-refractivity contribution in [3.8, 4) is 0 Å². The molecule has 0 aliphatic carbocycles. The van der Waals surface area contributed by atoms with Gasteiger partial charge in [0.25, 0.3) is 0 Å². The minimum Gasteiger partial charge on any atom is -0.469 e. The Morgan fingerprint density at radius 3 is 1.74 bits per heavy atom. The molecule has 2 fully saturated rings. The fourth-order valence-electron chi connectivity index (χ4n) is 4.77. The van der Waals surface area contributed by atoms with Gasteiger partial charge in [0, 0.05) is 0 Å². The van der Waals surface area contributed by atoms with Gasteiger partial charge in [-0.1, -0.05) is 84.9 Å². The lowest BCUT2D eigenvalue weighted by molar-refractivity contribution is -0.266. The second kappa shape index (κ2) is 14.2. The molecule has 2 saturated heterocycles. The highest BCUT2D eigenvalue weighted by atomic mass is 127. The summed E-state index contributed by atoms with van der Waals surface area (Å²) in [5, 5.41) is -0.00778. The number of hydrogen-bond acceptors (Lipinski definition) is 7. The van der Waals surface area contributed by atoms with Crippen molar-refractivity contribution in [2.75, 3.05) is 7.11 Å². The molecular weight excluding hydrogens is 708 g/mol. The zero-order valence-corrected chi connectivity index (χ0v) is 35.2. The summed E-state index contributed by atoms with van der Waals surface area (Å²) in [5.74, 6) is -0.260. The molecule has 0 N–H and O–H groups in total. The summed E-state index contributed by atoms with van der Waals surface area (Å²) < 4.78 is 42.8. The van der Waals surface area contributed by atoms with Crippen LogP contribution in [0.25, 0.3) is 0 Å². The number of methoxy groups -OCH3 is 1. The third-order valence-corrected chi connectivity index (χ3v) is 24.5. The highest BCUT2D eigenvalue weighted by molar-refractivity contribution is 14.1. The molecule has 2 heterocycles. The number of carbonyl (C=O) groups is 1. The van der Waals surface area contributed by atoms with Gasteiger partial charge in [0.05, 0.1) is 31.8 Å². The molecule has 2 aliphatic rings. The van der Waals surface area contributed by atoms with Crippen LogP contribution in [0.3, 0.4) is 0 Å². The molecule has 7 nitrogen and oxygen atoms in total. The van der Waals surface area contributed by atoms with Gasteiger partial charge in [0.1, 0.15) is 24.4 Å². The lowest BCUT2D eigenvalue weighted by atomic mass is 9.87. The SMILES string of the molecule is COC(=O)CC1CC[C@@H]2OC([C@H](/C=C/I)O[Si](C)(C)C(C)(C)C)C(O[Si](C)(C)C(C)(C)C)C(O[Si](C)(C)C(C)(C)C)[C@H]2O1. The smallest absolute Gasteiger partial charge is 0.308 e. The van der Waals surface area contributed by atoms with Gasteiger partial charge < -0.3 is 27.5 Å². The molecule has 0 saturated carbocycles. The van der Waals surface area contributed by atoms with Crippen LogP contribution in [0.4, 0.5) is 0 Å². The Morgan fingerprint density at radius 1 is 0.814 bits per heavy atom. The molecule has 0 aromatic rings. The van der Waals surface area contributed by atoms with Crippen molar-refractivity contribution in [3.05, 3.63) is 10.2 Å². The van der Waals surface area contributed by atoms with Gasteiger partial charge in [-0.15, -0.1) is 0 Å². The zero-order chi connectivity index (χ0) is 33.4. The predicted molar refractivity (Wildman–Crippen MR) is 193 cm³/mol. The van der Waals surface area contributed by atoms with Gasteiger partial charge in [0.15, 0.2) is 25.0 Å². The summed E-state index contributed by atoms with van der Waals surface area (Å²) in [6, 6.07) is 0. The fourth-order valence-corrected chi connectivity index (χ4v) is 9.03. The number of esters is 1. The summed E-state index contributed by atoms with van der Waals surface area (Å²) in [5.41, 5.74) is 0. The number of hydrogen-bond donors (Lipinski definition) is 0. The third-order valence-electron chi connectivity index (χ3n) is 10.7. The van der Waals surface area contributed by atoms with E-state index in [4.69, 9.17) is 27.5 Å². The quantitative estimate of drug-likeness (QED) is 0.125. The first-order valence-electron chi connectivity index (χ1n) is 16.0. The van der Waals surface area contributed by atoms with Crippen molar-refractivity contribution in [2.45, 2.75) is 179 Å². The zero-order valence-electron chi connectivity index (χ0n) is 30.1. The van der Waals surface area contributed by atoms with E-state index in [0.29, 0.717) is 0 Å². The third kappa shape index (κ3) is 9.71. The summed E-state index contributed by atoms with van der Waals surface area (Å²) in [6.07, 6.45) is 1.61. The van der Waals surface area contributed by atoms with Crippen LogP contribution in [-0.4, -0.2) is 80.8 Å². The summed E-state index contributed by atoms with van der Waals surface area (Å²) in [6.45, 7) is 34.1. The Labute approximate surface area is 280 Å². The van der Waals surface area contributed by atoms with Crippen molar-refractivity contribution >= 4 is 53.5 Å². The Morgan fingerprint density at radius 2 is 1.30 bits per heavy atom. The Hall–Kier alpha value is 0.391. The molecule has 0 bridgehead atoms. The molecule has 0 aromatic carbocycles. The molecule has 0 aromatic heterocycles. The van der Waals surface area contributed by atoms with Gasteiger partial charge in [-0.05, 0) is 77.4 Å². The average molecular weight is 771 g/mol. The second-order valence-corrected chi connectivity index (χ2v) is 32.1. The number of rotatable bonds is 10. The lowest BCUT2D eigenvalue weighted by Gasteiger charge is -2.56. The van der Waals surface area contributed by atoms with Crippen molar-refractivity contribution < 1.29 is 32.3 Å². The van der Waals surface area contributed by atoms with Crippen molar-refractivity contribution in [1.29, 1.82) is 0 Å². The van der Waals surface area contributed by atoms with Crippen molar-refractivity contribution in [2.24, 2.45) is 0 Å². The lowest BCUT2D eigenvalue weighted by Crippen LogP contribution is -2.69. The topological polar surface area (TPSA) is 72.5 Å². The van der Waals surface area contributed by atoms with Crippen LogP contribution in [0.5, 0.6) is 0 Å². The van der Waals surface area contributed by atoms with Gasteiger partial charge in [-0.25, -0.2) is 0 Å². The van der Waals surface area contributed by atoms with Crippen LogP contribution in [0.2, 0.25) is 54.4 Å². The highest BCUT2D eigenvalue weighted by Gasteiger charge is 2.57. The van der Waals surface area contributed by atoms with Gasteiger partial charge >= 0.3 is 5.97 Å². The Bertz CT molecular complexity index is 965. The van der Waals surface area contributed by atoms with Crippen LogP contribution in [0, 0.1) is 0 Å². The van der Waals surface area contributed by atoms with Gasteiger partial charge in [-0.3, -0.25) is 4.79 Å². The van der Waals surface area contributed by atoms with Crippen LogP contribution in [0.1, 0.15) is 81.6 Å². The van der Waals surface area contributed by atoms with E-state index in [1.54, 1.807) is 0 Å². The second-order valence-electron chi connectivity index (χ2n) is 17.1. The maximum absolute atomic E-state index is 12.3. The molecule has 43 heavy (non-hydrogen) atoms. The summed E-state index contributed by atoms with van der Waals surface area (Å²) >= 11 is 2.29. The Kier molecular flexibility index (Phi) is 13.1. The first-order valence-corrected chi connectivity index (χ1v) is 25.9. The van der Waals surface area contributed by atoms with E-state index in [1.807, 2.05) is 4.08 Å². The maximum atomic E-state index is 12.3. The van der Waals surface area contributed by atoms with Crippen LogP contribution in [-0.2, 0) is 32.3 Å². The number of halogens is 1. The van der Waals surface area contributed by atoms with Crippen LogP contribution in [0.15, 0.2) is 10.2 Å². The van der Waals surface area contributed by atoms with E-state index >= 15 is 0 Å². The summed E-state index contributed by atoms with van der Waals surface area (Å²) in [4.78, 5) is 12.3. The normalized spacial score (nSPS) is 29.0. The molecule has 7 atom stereocenters. The predicted octanol–water partition coefficient (Wildman–Crippen LogP) is 8.98. The Balaban J connectivity index is 2.73. The molecule has 2 rings (SSSR count). The largest absolute Gasteiger partial charge is 0.469 e. The van der Waals surface area contributed by atoms with Crippen molar-refractivity contribution in [3.63, 3.8) is 0 Å². The number of carbonyl (C=O) groups excluding carboxylic acids is 1. The molecule has 2 aliphatic heterocycles. The van der Waals surface area contributed by atoms with E-state index < -0.39 is 31.1 Å². The minimum atomic E-state index is -2.31. The molecule has 252 valence electrons. The van der Waals surface area contributed by atoms with Crippen molar-refractivity contribution in [1.82, 2.24) is 0 Å². The minimum absolute atomic E-state index is 0.0168.